The summed E-state index contributed by atoms with van der Waals surface area (Å²) >= 11 is 5.82. The Bertz CT molecular complexity index is 611. The van der Waals surface area contributed by atoms with Crippen molar-refractivity contribution in [3.8, 4) is 0 Å². The predicted molar refractivity (Wildman–Crippen MR) is 77.4 cm³/mol. The molecule has 2 rings (SSSR count). The quantitative estimate of drug-likeness (QED) is 0.870. The Kier molecular flexibility index (Phi) is 4.39. The van der Waals surface area contributed by atoms with Gasteiger partial charge in [0.15, 0.2) is 0 Å². The van der Waals surface area contributed by atoms with E-state index < -0.39 is 0 Å². The Balaban J connectivity index is 2.07. The van der Waals surface area contributed by atoms with Gasteiger partial charge in [-0.1, -0.05) is 11.6 Å². The van der Waals surface area contributed by atoms with Crippen molar-refractivity contribution in [2.75, 3.05) is 7.05 Å². The number of aryl methyl sites for hydroxylation is 1. The SMILES string of the molecule is Cc1cnccc1CN(C)C(=O)[C@@H](C)n1cc(Cl)cn1. The minimum atomic E-state index is -0.380. The molecule has 0 saturated heterocycles. The van der Waals surface area contributed by atoms with E-state index in [1.807, 2.05) is 19.9 Å². The molecule has 0 aliphatic rings. The van der Waals surface area contributed by atoms with E-state index in [0.717, 1.165) is 11.1 Å². The molecule has 5 nitrogen and oxygen atoms in total. The van der Waals surface area contributed by atoms with E-state index in [1.165, 1.54) is 6.20 Å². The summed E-state index contributed by atoms with van der Waals surface area (Å²) in [6, 6.07) is 1.55. The average Bonchev–Trinajstić information content (AvgIpc) is 2.86. The molecule has 0 spiro atoms. The first kappa shape index (κ1) is 14.5. The average molecular weight is 293 g/mol. The third kappa shape index (κ3) is 3.17. The van der Waals surface area contributed by atoms with Gasteiger partial charge in [0.2, 0.25) is 5.91 Å². The van der Waals surface area contributed by atoms with E-state index in [9.17, 15) is 4.79 Å². The van der Waals surface area contributed by atoms with Crippen molar-refractivity contribution in [1.82, 2.24) is 19.7 Å². The van der Waals surface area contributed by atoms with E-state index >= 15 is 0 Å². The first-order chi connectivity index (χ1) is 9.49. The van der Waals surface area contributed by atoms with Crippen LogP contribution < -0.4 is 0 Å². The van der Waals surface area contributed by atoms with Crippen molar-refractivity contribution in [2.24, 2.45) is 0 Å². The van der Waals surface area contributed by atoms with Crippen LogP contribution in [0, 0.1) is 6.92 Å². The lowest BCUT2D eigenvalue weighted by Crippen LogP contribution is -2.33. The number of hydrogen-bond donors (Lipinski definition) is 0. The summed E-state index contributed by atoms with van der Waals surface area (Å²) < 4.78 is 1.57. The Morgan fingerprint density at radius 3 is 2.85 bits per heavy atom. The first-order valence-corrected chi connectivity index (χ1v) is 6.71. The molecule has 0 saturated carbocycles. The third-order valence-corrected chi connectivity index (χ3v) is 3.44. The monoisotopic (exact) mass is 292 g/mol. The van der Waals surface area contributed by atoms with Crippen LogP contribution in [-0.4, -0.2) is 32.6 Å². The van der Waals surface area contributed by atoms with E-state index in [1.54, 1.807) is 35.2 Å². The van der Waals surface area contributed by atoms with Gasteiger partial charge in [-0.05, 0) is 31.0 Å². The molecule has 0 bridgehead atoms. The van der Waals surface area contributed by atoms with Crippen LogP contribution in [0.4, 0.5) is 0 Å². The highest BCUT2D eigenvalue weighted by Crippen LogP contribution is 2.15. The predicted octanol–water partition coefficient (Wildman–Crippen LogP) is 2.46. The smallest absolute Gasteiger partial charge is 0.247 e. The van der Waals surface area contributed by atoms with Crippen molar-refractivity contribution in [3.05, 3.63) is 47.0 Å². The normalized spacial score (nSPS) is 12.2. The van der Waals surface area contributed by atoms with Gasteiger partial charge in [-0.25, -0.2) is 0 Å². The molecule has 0 aliphatic carbocycles. The van der Waals surface area contributed by atoms with E-state index in [-0.39, 0.29) is 11.9 Å². The van der Waals surface area contributed by atoms with Crippen LogP contribution in [-0.2, 0) is 11.3 Å². The summed E-state index contributed by atoms with van der Waals surface area (Å²) in [4.78, 5) is 18.1. The molecule has 0 fully saturated rings. The zero-order valence-corrected chi connectivity index (χ0v) is 12.5. The van der Waals surface area contributed by atoms with Crippen LogP contribution in [0.5, 0.6) is 0 Å². The highest BCUT2D eigenvalue weighted by atomic mass is 35.5. The zero-order valence-electron chi connectivity index (χ0n) is 11.7. The van der Waals surface area contributed by atoms with Crippen molar-refractivity contribution >= 4 is 17.5 Å². The summed E-state index contributed by atoms with van der Waals surface area (Å²) in [5.74, 6) is -0.0130. The van der Waals surface area contributed by atoms with E-state index in [4.69, 9.17) is 11.6 Å². The minimum Gasteiger partial charge on any atom is -0.340 e. The van der Waals surface area contributed by atoms with Gasteiger partial charge in [0, 0.05) is 32.2 Å². The number of pyridine rings is 1. The van der Waals surface area contributed by atoms with E-state index in [0.29, 0.717) is 11.6 Å². The summed E-state index contributed by atoms with van der Waals surface area (Å²) in [6.45, 7) is 4.34. The second-order valence-electron chi connectivity index (χ2n) is 4.81. The highest BCUT2D eigenvalue weighted by Gasteiger charge is 2.20. The van der Waals surface area contributed by atoms with Crippen molar-refractivity contribution in [1.29, 1.82) is 0 Å². The maximum absolute atomic E-state index is 12.4. The molecule has 1 atom stereocenters. The summed E-state index contributed by atoms with van der Waals surface area (Å²) in [6.07, 6.45) is 6.70. The molecular formula is C14H17ClN4O. The number of amides is 1. The largest absolute Gasteiger partial charge is 0.340 e. The zero-order chi connectivity index (χ0) is 14.7. The van der Waals surface area contributed by atoms with Crippen LogP contribution in [0.15, 0.2) is 30.9 Å². The van der Waals surface area contributed by atoms with Crippen LogP contribution in [0.1, 0.15) is 24.1 Å². The molecule has 2 aromatic rings. The Morgan fingerprint density at radius 1 is 1.50 bits per heavy atom. The number of halogens is 1. The van der Waals surface area contributed by atoms with Gasteiger partial charge in [0.25, 0.3) is 0 Å². The molecule has 0 aromatic carbocycles. The fourth-order valence-corrected chi connectivity index (χ4v) is 2.12. The second kappa shape index (κ2) is 6.05. The van der Waals surface area contributed by atoms with Crippen LogP contribution in [0.3, 0.4) is 0 Å². The highest BCUT2D eigenvalue weighted by molar-refractivity contribution is 6.30. The molecule has 0 radical (unpaired) electrons. The third-order valence-electron chi connectivity index (χ3n) is 3.24. The van der Waals surface area contributed by atoms with Gasteiger partial charge < -0.3 is 4.90 Å². The minimum absolute atomic E-state index is 0.0130. The number of rotatable bonds is 4. The molecule has 20 heavy (non-hydrogen) atoms. The number of likely N-dealkylation sites (N-methyl/N-ethyl adjacent to an activating group) is 1. The standard InChI is InChI=1S/C14H17ClN4O/c1-10-6-16-5-4-12(10)8-18(3)14(20)11(2)19-9-13(15)7-17-19/h4-7,9,11H,8H2,1-3H3/t11-/m1/s1. The lowest BCUT2D eigenvalue weighted by atomic mass is 10.1. The van der Waals surface area contributed by atoms with Crippen LogP contribution in [0.2, 0.25) is 5.02 Å². The molecule has 0 unspecified atom stereocenters. The fraction of sp³-hybridized carbons (Fsp3) is 0.357. The lowest BCUT2D eigenvalue weighted by molar-refractivity contribution is -0.133. The number of carbonyl (C=O) groups excluding carboxylic acids is 1. The van der Waals surface area contributed by atoms with Crippen molar-refractivity contribution in [3.63, 3.8) is 0 Å². The maximum atomic E-state index is 12.4. The van der Waals surface area contributed by atoms with Gasteiger partial charge in [-0.3, -0.25) is 14.5 Å². The van der Waals surface area contributed by atoms with Crippen LogP contribution in [0.25, 0.3) is 0 Å². The second-order valence-corrected chi connectivity index (χ2v) is 5.25. The first-order valence-electron chi connectivity index (χ1n) is 6.33. The number of carbonyl (C=O) groups is 1. The Morgan fingerprint density at radius 2 is 2.25 bits per heavy atom. The molecule has 106 valence electrons. The molecule has 6 heteroatoms. The van der Waals surface area contributed by atoms with Gasteiger partial charge >= 0.3 is 0 Å². The van der Waals surface area contributed by atoms with Gasteiger partial charge in [-0.15, -0.1) is 0 Å². The fourth-order valence-electron chi connectivity index (χ4n) is 1.97. The molecule has 2 heterocycles. The van der Waals surface area contributed by atoms with Crippen LogP contribution >= 0.6 is 11.6 Å². The van der Waals surface area contributed by atoms with Gasteiger partial charge in [0.1, 0.15) is 6.04 Å². The van der Waals surface area contributed by atoms with E-state index in [2.05, 4.69) is 10.1 Å². The maximum Gasteiger partial charge on any atom is 0.247 e. The summed E-state index contributed by atoms with van der Waals surface area (Å²) in [5, 5.41) is 4.60. The molecule has 1 amide bonds. The number of hydrogen-bond acceptors (Lipinski definition) is 3. The van der Waals surface area contributed by atoms with Crippen molar-refractivity contribution < 1.29 is 4.79 Å². The summed E-state index contributed by atoms with van der Waals surface area (Å²) in [5.41, 5.74) is 2.16. The lowest BCUT2D eigenvalue weighted by Gasteiger charge is -2.22. The molecular weight excluding hydrogens is 276 g/mol. The molecule has 2 aromatic heterocycles. The molecule has 0 aliphatic heterocycles. The number of nitrogens with zero attached hydrogens (tertiary/aromatic N) is 4. The van der Waals surface area contributed by atoms with Gasteiger partial charge in [-0.2, -0.15) is 5.10 Å². The van der Waals surface area contributed by atoms with Gasteiger partial charge in [0.05, 0.1) is 11.2 Å². The number of aromatic nitrogens is 3. The Labute approximate surface area is 123 Å². The topological polar surface area (TPSA) is 51.0 Å². The molecule has 0 N–H and O–H groups in total. The van der Waals surface area contributed by atoms with Crippen molar-refractivity contribution in [2.45, 2.75) is 26.4 Å². The Hall–Kier alpha value is -1.88. The summed E-state index contributed by atoms with van der Waals surface area (Å²) in [7, 11) is 1.78.